The van der Waals surface area contributed by atoms with E-state index in [0.29, 0.717) is 5.82 Å². The fourth-order valence-electron chi connectivity index (χ4n) is 0.838. The summed E-state index contributed by atoms with van der Waals surface area (Å²) < 4.78 is 5.10. The van der Waals surface area contributed by atoms with E-state index in [1.807, 2.05) is 0 Å². The molecule has 15 heavy (non-hydrogen) atoms. The molecule has 0 atom stereocenters. The van der Waals surface area contributed by atoms with Gasteiger partial charge in [0.25, 0.3) is 0 Å². The van der Waals surface area contributed by atoms with Crippen LogP contribution in [0.5, 0.6) is 0 Å². The zero-order valence-electron chi connectivity index (χ0n) is 8.94. The molecule has 0 fully saturated rings. The van der Waals surface area contributed by atoms with Gasteiger partial charge in [-0.25, -0.2) is 20.6 Å². The first-order valence-corrected chi connectivity index (χ1v) is 4.44. The fourth-order valence-corrected chi connectivity index (χ4v) is 0.838. The molecule has 1 rings (SSSR count). The highest BCUT2D eigenvalue weighted by Gasteiger charge is 2.18. The second-order valence-electron chi connectivity index (χ2n) is 3.93. The molecular weight excluding hydrogens is 196 g/mol. The van der Waals surface area contributed by atoms with Crippen molar-refractivity contribution in [3.05, 3.63) is 18.1 Å². The molecule has 0 aliphatic rings. The van der Waals surface area contributed by atoms with Crippen LogP contribution in [0.25, 0.3) is 0 Å². The van der Waals surface area contributed by atoms with Gasteiger partial charge in [0.05, 0.1) is 12.4 Å². The number of nitrogen functional groups attached to an aromatic ring is 1. The van der Waals surface area contributed by atoms with Crippen LogP contribution in [-0.4, -0.2) is 21.5 Å². The van der Waals surface area contributed by atoms with Crippen LogP contribution >= 0.6 is 0 Å². The maximum absolute atomic E-state index is 11.5. The van der Waals surface area contributed by atoms with E-state index in [-0.39, 0.29) is 5.69 Å². The molecule has 0 radical (unpaired) electrons. The lowest BCUT2D eigenvalue weighted by molar-refractivity contribution is 0.00624. The number of hydrazine groups is 1. The van der Waals surface area contributed by atoms with Gasteiger partial charge in [0.1, 0.15) is 5.60 Å². The minimum Gasteiger partial charge on any atom is -0.455 e. The number of nitrogens with zero attached hydrogens (tertiary/aromatic N) is 2. The molecule has 0 aromatic carbocycles. The summed E-state index contributed by atoms with van der Waals surface area (Å²) in [5, 5.41) is 0. The van der Waals surface area contributed by atoms with Crippen LogP contribution < -0.4 is 11.3 Å². The van der Waals surface area contributed by atoms with Gasteiger partial charge in [0.2, 0.25) is 0 Å². The molecule has 0 amide bonds. The number of rotatable bonds is 2. The highest BCUT2D eigenvalue weighted by Crippen LogP contribution is 2.10. The Hall–Kier alpha value is -1.69. The molecule has 3 N–H and O–H groups in total. The van der Waals surface area contributed by atoms with E-state index in [4.69, 9.17) is 10.6 Å². The Morgan fingerprint density at radius 2 is 2.07 bits per heavy atom. The average Bonchev–Trinajstić information content (AvgIpc) is 2.15. The lowest BCUT2D eigenvalue weighted by Gasteiger charge is -2.18. The van der Waals surface area contributed by atoms with Gasteiger partial charge in [0.15, 0.2) is 11.5 Å². The summed E-state index contributed by atoms with van der Waals surface area (Å²) in [5.74, 6) is 5.00. The number of aromatic nitrogens is 2. The largest absolute Gasteiger partial charge is 0.455 e. The molecular formula is C9H14N4O2. The van der Waals surface area contributed by atoms with E-state index in [2.05, 4.69) is 15.4 Å². The van der Waals surface area contributed by atoms with Gasteiger partial charge in [-0.15, -0.1) is 0 Å². The van der Waals surface area contributed by atoms with Crippen molar-refractivity contribution in [1.82, 2.24) is 9.97 Å². The number of hydrogen-bond donors (Lipinski definition) is 2. The smallest absolute Gasteiger partial charge is 0.359 e. The number of nitrogens with one attached hydrogen (secondary N) is 1. The van der Waals surface area contributed by atoms with Crippen molar-refractivity contribution in [1.29, 1.82) is 0 Å². The lowest BCUT2D eigenvalue weighted by atomic mass is 10.2. The molecule has 82 valence electrons. The molecule has 1 aromatic rings. The fraction of sp³-hybridized carbons (Fsp3) is 0.444. The van der Waals surface area contributed by atoms with Crippen molar-refractivity contribution >= 4 is 11.8 Å². The third-order valence-electron chi connectivity index (χ3n) is 1.41. The van der Waals surface area contributed by atoms with Crippen molar-refractivity contribution in [3.8, 4) is 0 Å². The molecule has 0 aliphatic heterocycles. The van der Waals surface area contributed by atoms with Crippen LogP contribution in [0.4, 0.5) is 5.82 Å². The average molecular weight is 210 g/mol. The molecule has 6 heteroatoms. The quantitative estimate of drug-likeness (QED) is 0.424. The summed E-state index contributed by atoms with van der Waals surface area (Å²) in [7, 11) is 0. The normalized spacial score (nSPS) is 10.9. The summed E-state index contributed by atoms with van der Waals surface area (Å²) in [6, 6.07) is 0. The topological polar surface area (TPSA) is 90.1 Å². The first-order chi connectivity index (χ1) is 6.92. The molecule has 0 aliphatic carbocycles. The number of carbonyl (C=O) groups excluding carboxylic acids is 1. The van der Waals surface area contributed by atoms with Crippen LogP contribution in [0.3, 0.4) is 0 Å². The van der Waals surface area contributed by atoms with Gasteiger partial charge >= 0.3 is 5.97 Å². The number of nitrogens with two attached hydrogens (primary N) is 1. The predicted octanol–water partition coefficient (Wildman–Crippen LogP) is 0.718. The van der Waals surface area contributed by atoms with Crippen molar-refractivity contribution in [2.24, 2.45) is 5.84 Å². The van der Waals surface area contributed by atoms with Gasteiger partial charge < -0.3 is 10.2 Å². The summed E-state index contributed by atoms with van der Waals surface area (Å²) in [6.07, 6.45) is 2.67. The standard InChI is InChI=1S/C9H14N4O2/c1-9(2,3)15-8(14)6-4-12-7(13-10)5-11-6/h4-5H,10H2,1-3H3,(H,12,13). The molecule has 0 saturated carbocycles. The van der Waals surface area contributed by atoms with E-state index >= 15 is 0 Å². The van der Waals surface area contributed by atoms with E-state index in [0.717, 1.165) is 0 Å². The molecule has 1 heterocycles. The second kappa shape index (κ2) is 4.22. The highest BCUT2D eigenvalue weighted by molar-refractivity contribution is 5.87. The van der Waals surface area contributed by atoms with Crippen LogP contribution in [0.15, 0.2) is 12.4 Å². The molecule has 1 aromatic heterocycles. The number of hydrogen-bond acceptors (Lipinski definition) is 6. The molecule has 0 saturated heterocycles. The van der Waals surface area contributed by atoms with Crippen molar-refractivity contribution in [2.75, 3.05) is 5.43 Å². The second-order valence-corrected chi connectivity index (χ2v) is 3.93. The maximum atomic E-state index is 11.5. The van der Waals surface area contributed by atoms with Crippen LogP contribution in [0.2, 0.25) is 0 Å². The molecule has 0 spiro atoms. The SMILES string of the molecule is CC(C)(C)OC(=O)c1cnc(NN)cn1. The monoisotopic (exact) mass is 210 g/mol. The van der Waals surface area contributed by atoms with Crippen molar-refractivity contribution < 1.29 is 9.53 Å². The van der Waals surface area contributed by atoms with E-state index in [9.17, 15) is 4.79 Å². The molecule has 0 unspecified atom stereocenters. The Kier molecular flexibility index (Phi) is 3.21. The van der Waals surface area contributed by atoms with Gasteiger partial charge in [0, 0.05) is 0 Å². The third kappa shape index (κ3) is 3.51. The van der Waals surface area contributed by atoms with Crippen molar-refractivity contribution in [2.45, 2.75) is 26.4 Å². The van der Waals surface area contributed by atoms with Gasteiger partial charge in [-0.05, 0) is 20.8 Å². The number of carbonyl (C=O) groups is 1. The Morgan fingerprint density at radius 1 is 1.40 bits per heavy atom. The lowest BCUT2D eigenvalue weighted by Crippen LogP contribution is -2.24. The highest BCUT2D eigenvalue weighted by atomic mass is 16.6. The van der Waals surface area contributed by atoms with E-state index in [1.54, 1.807) is 20.8 Å². The predicted molar refractivity (Wildman–Crippen MR) is 55.0 cm³/mol. The summed E-state index contributed by atoms with van der Waals surface area (Å²) in [5.41, 5.74) is 1.93. The Morgan fingerprint density at radius 3 is 2.47 bits per heavy atom. The number of esters is 1. The van der Waals surface area contributed by atoms with Crippen LogP contribution in [0, 0.1) is 0 Å². The zero-order valence-corrected chi connectivity index (χ0v) is 8.94. The van der Waals surface area contributed by atoms with Crippen molar-refractivity contribution in [3.63, 3.8) is 0 Å². The van der Waals surface area contributed by atoms with E-state index < -0.39 is 11.6 Å². The minimum absolute atomic E-state index is 0.156. The van der Waals surface area contributed by atoms with Gasteiger partial charge in [-0.2, -0.15) is 0 Å². The summed E-state index contributed by atoms with van der Waals surface area (Å²) in [4.78, 5) is 19.2. The van der Waals surface area contributed by atoms with Crippen LogP contribution in [0.1, 0.15) is 31.3 Å². The summed E-state index contributed by atoms with van der Waals surface area (Å²) in [6.45, 7) is 5.36. The summed E-state index contributed by atoms with van der Waals surface area (Å²) >= 11 is 0. The minimum atomic E-state index is -0.538. The van der Waals surface area contributed by atoms with Gasteiger partial charge in [-0.1, -0.05) is 0 Å². The maximum Gasteiger partial charge on any atom is 0.359 e. The zero-order chi connectivity index (χ0) is 11.5. The van der Waals surface area contributed by atoms with E-state index in [1.165, 1.54) is 12.4 Å². The Labute approximate surface area is 87.8 Å². The molecule has 6 nitrogen and oxygen atoms in total. The number of anilines is 1. The Bertz CT molecular complexity index is 342. The first-order valence-electron chi connectivity index (χ1n) is 4.44. The van der Waals surface area contributed by atoms with Gasteiger partial charge in [-0.3, -0.25) is 0 Å². The first kappa shape index (κ1) is 11.4. The third-order valence-corrected chi connectivity index (χ3v) is 1.41. The molecule has 0 bridgehead atoms. The Balaban J connectivity index is 2.75. The number of ether oxygens (including phenoxy) is 1. The van der Waals surface area contributed by atoms with Crippen LogP contribution in [-0.2, 0) is 4.74 Å².